The quantitative estimate of drug-likeness (QED) is 0.171. The van der Waals surface area contributed by atoms with Gasteiger partial charge < -0.3 is 18.9 Å². The van der Waals surface area contributed by atoms with Gasteiger partial charge in [-0.25, -0.2) is 4.79 Å². The molecule has 164 valence electrons. The molecule has 0 atom stereocenters. The van der Waals surface area contributed by atoms with E-state index >= 15 is 0 Å². The fourth-order valence-electron chi connectivity index (χ4n) is 2.96. The number of carbonyl (C=O) groups is 2. The monoisotopic (exact) mass is 416 g/mol. The number of hydrogen-bond acceptors (Lipinski definition) is 6. The fraction of sp³-hybridized carbons (Fsp3) is 0.522. The van der Waals surface area contributed by atoms with Gasteiger partial charge in [-0.15, -0.1) is 0 Å². The van der Waals surface area contributed by atoms with Crippen molar-refractivity contribution >= 4 is 23.7 Å². The number of ether oxygens (including phenoxy) is 2. The average molecular weight is 417 g/mol. The van der Waals surface area contributed by atoms with Gasteiger partial charge >= 0.3 is 11.9 Å². The van der Waals surface area contributed by atoms with Crippen molar-refractivity contribution in [2.75, 3.05) is 58.4 Å². The standard InChI is InChI=1S/C23H34N3O4/c1-6-25(7-2)22-11-9-20(10-12-22)17-21(18-24)23(28)30-15-8-13-26(4,5)14-16-29-19(3)27/h9-12,17H,6-8,13-16H2,1-5H3/q+1. The van der Waals surface area contributed by atoms with Crippen LogP contribution in [0.1, 0.15) is 32.8 Å². The van der Waals surface area contributed by atoms with Crippen molar-refractivity contribution in [2.45, 2.75) is 27.2 Å². The summed E-state index contributed by atoms with van der Waals surface area (Å²) in [5.74, 6) is -0.905. The highest BCUT2D eigenvalue weighted by Gasteiger charge is 2.16. The summed E-state index contributed by atoms with van der Waals surface area (Å²) in [5, 5.41) is 9.33. The normalized spacial score (nSPS) is 11.5. The van der Waals surface area contributed by atoms with Crippen molar-refractivity contribution < 1.29 is 23.5 Å². The highest BCUT2D eigenvalue weighted by molar-refractivity contribution is 5.97. The van der Waals surface area contributed by atoms with Crippen molar-refractivity contribution in [3.05, 3.63) is 35.4 Å². The molecule has 0 N–H and O–H groups in total. The van der Waals surface area contributed by atoms with Gasteiger partial charge in [0.15, 0.2) is 0 Å². The summed E-state index contributed by atoms with van der Waals surface area (Å²) >= 11 is 0. The molecule has 0 spiro atoms. The Labute approximate surface area is 180 Å². The van der Waals surface area contributed by atoms with Crippen molar-refractivity contribution in [3.63, 3.8) is 0 Å². The maximum Gasteiger partial charge on any atom is 0.348 e. The van der Waals surface area contributed by atoms with Crippen LogP contribution in [0.3, 0.4) is 0 Å². The maximum absolute atomic E-state index is 12.2. The predicted octanol–water partition coefficient (Wildman–Crippen LogP) is 3.01. The van der Waals surface area contributed by atoms with E-state index in [0.29, 0.717) is 24.1 Å². The van der Waals surface area contributed by atoms with Crippen molar-refractivity contribution in [1.29, 1.82) is 5.26 Å². The molecule has 0 radical (unpaired) electrons. The first-order valence-electron chi connectivity index (χ1n) is 10.3. The molecular weight excluding hydrogens is 382 g/mol. The zero-order valence-electron chi connectivity index (χ0n) is 18.8. The third-order valence-electron chi connectivity index (χ3n) is 4.82. The van der Waals surface area contributed by atoms with E-state index in [1.165, 1.54) is 6.92 Å². The molecule has 0 aliphatic heterocycles. The van der Waals surface area contributed by atoms with E-state index in [9.17, 15) is 14.9 Å². The number of hydrogen-bond donors (Lipinski definition) is 0. The topological polar surface area (TPSA) is 79.6 Å². The number of esters is 2. The lowest BCUT2D eigenvalue weighted by Gasteiger charge is -2.29. The van der Waals surface area contributed by atoms with Crippen LogP contribution < -0.4 is 4.90 Å². The van der Waals surface area contributed by atoms with E-state index in [4.69, 9.17) is 9.47 Å². The van der Waals surface area contributed by atoms with Crippen LogP contribution in [0.5, 0.6) is 0 Å². The lowest BCUT2D eigenvalue weighted by Crippen LogP contribution is -2.43. The number of rotatable bonds is 12. The lowest BCUT2D eigenvalue weighted by molar-refractivity contribution is -0.890. The van der Waals surface area contributed by atoms with E-state index < -0.39 is 5.97 Å². The second-order valence-electron chi connectivity index (χ2n) is 7.65. The number of likely N-dealkylation sites (N-methyl/N-ethyl adjacent to an activating group) is 1. The summed E-state index contributed by atoms with van der Waals surface area (Å²) < 4.78 is 10.9. The molecule has 0 aliphatic rings. The molecular formula is C23H34N3O4+. The van der Waals surface area contributed by atoms with Gasteiger partial charge in [-0.1, -0.05) is 12.1 Å². The zero-order valence-corrected chi connectivity index (χ0v) is 18.8. The first-order valence-corrected chi connectivity index (χ1v) is 10.3. The minimum absolute atomic E-state index is 0.0193. The van der Waals surface area contributed by atoms with Crippen LogP contribution in [0.25, 0.3) is 6.08 Å². The van der Waals surface area contributed by atoms with Gasteiger partial charge in [0.05, 0.1) is 27.2 Å². The van der Waals surface area contributed by atoms with Crippen LogP contribution in [0, 0.1) is 11.3 Å². The summed E-state index contributed by atoms with van der Waals surface area (Å²) in [6.45, 7) is 9.44. The minimum atomic E-state index is -0.615. The van der Waals surface area contributed by atoms with Crippen LogP contribution in [0.4, 0.5) is 5.69 Å². The Morgan fingerprint density at radius 1 is 1.07 bits per heavy atom. The first-order chi connectivity index (χ1) is 14.2. The summed E-state index contributed by atoms with van der Waals surface area (Å²) in [6, 6.07) is 9.67. The molecule has 0 heterocycles. The Balaban J connectivity index is 2.55. The van der Waals surface area contributed by atoms with Crippen LogP contribution in [-0.4, -0.2) is 69.9 Å². The molecule has 1 rings (SSSR count). The number of nitrogens with zero attached hydrogens (tertiary/aromatic N) is 3. The predicted molar refractivity (Wildman–Crippen MR) is 118 cm³/mol. The number of anilines is 1. The molecule has 0 amide bonds. The number of carbonyl (C=O) groups excluding carboxylic acids is 2. The van der Waals surface area contributed by atoms with Crippen LogP contribution in [0.15, 0.2) is 29.8 Å². The first kappa shape index (κ1) is 25.2. The van der Waals surface area contributed by atoms with Gasteiger partial charge in [-0.05, 0) is 37.6 Å². The summed E-state index contributed by atoms with van der Waals surface area (Å²) in [5.41, 5.74) is 1.87. The Kier molecular flexibility index (Phi) is 10.6. The molecule has 0 unspecified atom stereocenters. The van der Waals surface area contributed by atoms with Gasteiger partial charge in [0.2, 0.25) is 0 Å². The Morgan fingerprint density at radius 3 is 2.23 bits per heavy atom. The molecule has 0 aromatic heterocycles. The summed E-state index contributed by atoms with van der Waals surface area (Å²) in [4.78, 5) is 25.3. The van der Waals surface area contributed by atoms with E-state index in [2.05, 4.69) is 18.7 Å². The molecule has 7 heteroatoms. The molecule has 0 saturated heterocycles. The fourth-order valence-corrected chi connectivity index (χ4v) is 2.96. The van der Waals surface area contributed by atoms with Crippen LogP contribution >= 0.6 is 0 Å². The number of quaternary nitrogens is 1. The Hall–Kier alpha value is -2.85. The summed E-state index contributed by atoms with van der Waals surface area (Å²) in [6.07, 6.45) is 2.20. The smallest absolute Gasteiger partial charge is 0.348 e. The summed E-state index contributed by atoms with van der Waals surface area (Å²) in [7, 11) is 4.04. The molecule has 30 heavy (non-hydrogen) atoms. The largest absolute Gasteiger partial charge is 0.461 e. The van der Waals surface area contributed by atoms with Gasteiger partial charge in [0, 0.05) is 32.1 Å². The maximum atomic E-state index is 12.2. The van der Waals surface area contributed by atoms with E-state index in [0.717, 1.165) is 30.9 Å². The zero-order chi connectivity index (χ0) is 22.6. The van der Waals surface area contributed by atoms with Crippen molar-refractivity contribution in [1.82, 2.24) is 0 Å². The SMILES string of the molecule is CCN(CC)c1ccc(C=C(C#N)C(=O)OCCC[N+](C)(C)CCOC(C)=O)cc1. The molecule has 1 aromatic carbocycles. The van der Waals surface area contributed by atoms with Crippen LogP contribution in [-0.2, 0) is 19.1 Å². The second kappa shape index (κ2) is 12.7. The van der Waals surface area contributed by atoms with Gasteiger partial charge in [-0.3, -0.25) is 4.79 Å². The molecule has 0 bridgehead atoms. The molecule has 0 saturated carbocycles. The third kappa shape index (κ3) is 9.10. The average Bonchev–Trinajstić information content (AvgIpc) is 2.70. The van der Waals surface area contributed by atoms with Gasteiger partial charge in [-0.2, -0.15) is 5.26 Å². The molecule has 0 aliphatic carbocycles. The second-order valence-corrected chi connectivity index (χ2v) is 7.65. The minimum Gasteiger partial charge on any atom is -0.461 e. The molecule has 0 fully saturated rings. The van der Waals surface area contributed by atoms with E-state index in [1.807, 2.05) is 44.4 Å². The Bertz CT molecular complexity index is 760. The van der Waals surface area contributed by atoms with Crippen molar-refractivity contribution in [3.8, 4) is 6.07 Å². The van der Waals surface area contributed by atoms with Crippen LogP contribution in [0.2, 0.25) is 0 Å². The van der Waals surface area contributed by atoms with Gasteiger partial charge in [0.1, 0.15) is 24.8 Å². The van der Waals surface area contributed by atoms with Crippen molar-refractivity contribution in [2.24, 2.45) is 0 Å². The third-order valence-corrected chi connectivity index (χ3v) is 4.82. The molecule has 1 aromatic rings. The van der Waals surface area contributed by atoms with E-state index in [-0.39, 0.29) is 18.1 Å². The van der Waals surface area contributed by atoms with Gasteiger partial charge in [0.25, 0.3) is 0 Å². The molecule has 7 nitrogen and oxygen atoms in total. The van der Waals surface area contributed by atoms with E-state index in [1.54, 1.807) is 6.08 Å². The highest BCUT2D eigenvalue weighted by atomic mass is 16.5. The number of benzene rings is 1. The number of nitriles is 1. The Morgan fingerprint density at radius 2 is 1.70 bits per heavy atom. The highest BCUT2D eigenvalue weighted by Crippen LogP contribution is 2.17. The lowest BCUT2D eigenvalue weighted by atomic mass is 10.1.